The molecule has 3 saturated carbocycles. The number of hydrogen-bond acceptors (Lipinski definition) is 13. The van der Waals surface area contributed by atoms with Crippen molar-refractivity contribution in [1.29, 1.82) is 0 Å². The van der Waals surface area contributed by atoms with E-state index in [-0.39, 0.29) is 46.5 Å². The Morgan fingerprint density at radius 3 is 2.65 bits per heavy atom. The molecule has 4 bridgehead atoms. The minimum Gasteiger partial charge on any atom is -0.504 e. The number of aliphatic hydroxyl groups excluding tert-OH is 1. The maximum atomic E-state index is 14.3. The molecule has 2 spiro atoms. The highest BCUT2D eigenvalue weighted by Crippen LogP contribution is 2.63. The van der Waals surface area contributed by atoms with Gasteiger partial charge < -0.3 is 41.4 Å². The van der Waals surface area contributed by atoms with Crippen LogP contribution in [-0.4, -0.2) is 80.0 Å². The van der Waals surface area contributed by atoms with Crippen LogP contribution in [0.3, 0.4) is 0 Å². The zero-order valence-electron chi connectivity index (χ0n) is 37.3. The number of nitrogen functional groups attached to an aromatic ring is 1. The molecule has 1 aromatic carbocycles. The van der Waals surface area contributed by atoms with E-state index in [1.54, 1.807) is 6.20 Å². The van der Waals surface area contributed by atoms with Crippen LogP contribution < -0.4 is 21.5 Å². The van der Waals surface area contributed by atoms with Crippen LogP contribution in [-0.2, 0) is 33.7 Å². The number of anilines is 1. The van der Waals surface area contributed by atoms with E-state index in [2.05, 4.69) is 22.5 Å². The summed E-state index contributed by atoms with van der Waals surface area (Å²) in [6.45, 7) is 2.58. The Bertz CT molecular complexity index is 2000. The molecule has 0 unspecified atom stereocenters. The van der Waals surface area contributed by atoms with E-state index in [4.69, 9.17) is 25.9 Å². The Labute approximate surface area is 382 Å². The summed E-state index contributed by atoms with van der Waals surface area (Å²) in [5, 5.41) is 27.1. The van der Waals surface area contributed by atoms with Crippen LogP contribution in [0.15, 0.2) is 35.5 Å². The third-order valence-electron chi connectivity index (χ3n) is 15.1. The molecule has 6 aliphatic rings. The lowest BCUT2D eigenvalue weighted by atomic mass is 9.78. The fourth-order valence-electron chi connectivity index (χ4n) is 11.9. The predicted molar refractivity (Wildman–Crippen MR) is 253 cm³/mol. The largest absolute Gasteiger partial charge is 0.504 e. The third kappa shape index (κ3) is 10.8. The molecule has 14 heteroatoms. The van der Waals surface area contributed by atoms with Crippen LogP contribution in [0.25, 0.3) is 6.08 Å². The molecule has 2 aromatic rings. The maximum absolute atomic E-state index is 14.3. The number of aryl methyl sites for hydroxylation is 1. The number of aliphatic imine (C=N–C) groups is 1. The number of pyridine rings is 1. The molecule has 8 rings (SSSR count). The number of amides is 1. The molecule has 12 nitrogen and oxygen atoms in total. The van der Waals surface area contributed by atoms with Gasteiger partial charge in [-0.2, -0.15) is 0 Å². The highest BCUT2D eigenvalue weighted by atomic mass is 33.1. The molecule has 63 heavy (non-hydrogen) atoms. The molecule has 344 valence electrons. The van der Waals surface area contributed by atoms with Gasteiger partial charge in [0, 0.05) is 79.2 Å². The highest BCUT2D eigenvalue weighted by molar-refractivity contribution is 8.77. The average molecular weight is 903 g/mol. The van der Waals surface area contributed by atoms with Gasteiger partial charge in [-0.05, 0) is 119 Å². The number of aromatic hydroxyl groups is 1. The first-order chi connectivity index (χ1) is 30.4. The number of aliphatic hydroxyl groups is 1. The summed E-state index contributed by atoms with van der Waals surface area (Å²) in [6.07, 6.45) is 24.1. The Morgan fingerprint density at radius 2 is 1.83 bits per heavy atom. The minimum absolute atomic E-state index is 0.0162. The zero-order valence-corrected chi connectivity index (χ0v) is 38.9. The molecule has 0 radical (unpaired) electrons. The van der Waals surface area contributed by atoms with Gasteiger partial charge in [0.2, 0.25) is 5.91 Å². The van der Waals surface area contributed by atoms with Crippen molar-refractivity contribution in [3.05, 3.63) is 52.7 Å². The predicted octanol–water partition coefficient (Wildman–Crippen LogP) is 8.60. The van der Waals surface area contributed by atoms with Gasteiger partial charge >= 0.3 is 5.97 Å². The summed E-state index contributed by atoms with van der Waals surface area (Å²) in [7, 11) is 3.94. The molecule has 4 heterocycles. The Kier molecular flexibility index (Phi) is 14.8. The summed E-state index contributed by atoms with van der Waals surface area (Å²) in [6, 6.07) is 5.87. The SMILES string of the molecule is CC(=O)O[C@@H]1CCc2cc(c(O)c3c2C=C[C@H]2CCC[C@H]2O3)CN2C[C@@](Cc3ccnc(N)c3)(CCN=C(N)N[C@@]3(CCCC34CCCC4)SSCCCCCC[C@H](O)C1)CC2=O. The number of nitrogens with two attached hydrogens (primary N) is 2. The van der Waals surface area contributed by atoms with Crippen LogP contribution in [0, 0.1) is 16.7 Å². The molecule has 3 aliphatic heterocycles. The second-order valence-corrected chi connectivity index (χ2v) is 22.4. The summed E-state index contributed by atoms with van der Waals surface area (Å²) < 4.78 is 12.5. The fourth-order valence-corrected chi connectivity index (χ4v) is 15.5. The average Bonchev–Trinajstić information content (AvgIpc) is 4.02. The van der Waals surface area contributed by atoms with Gasteiger partial charge in [-0.3, -0.25) is 14.6 Å². The standard InChI is InChI=1S/C49H70N6O6S2/c1-33(56)60-39-15-13-36-27-37(44(59)45-40(36)16-14-35-10-8-12-41(35)61-45)31-55-32-47(30-43(55)58,29-34-17-23-52-42(50)26-34)22-24-53-46(51)54-49(21-9-20-48(49)18-5-6-19-48)63-62-25-7-3-2-4-11-38(57)28-39/h14,16-17,23,26-27,35,38-39,41,57,59H,2-13,15,18-22,24-25,28-32H2,1H3,(H2,50,52)(H3,51,53,54)/t35-,38+,39-,41-,47-,49+/m1/s1. The number of carbonyl (C=O) groups is 2. The molecule has 1 saturated heterocycles. The number of nitrogens with one attached hydrogen (secondary N) is 1. The first-order valence-corrected chi connectivity index (χ1v) is 26.2. The number of esters is 1. The number of aromatic nitrogens is 1. The Balaban J connectivity index is 1.11. The summed E-state index contributed by atoms with van der Waals surface area (Å²) >= 11 is 0. The van der Waals surface area contributed by atoms with Gasteiger partial charge in [-0.15, -0.1) is 0 Å². The maximum Gasteiger partial charge on any atom is 0.302 e. The van der Waals surface area contributed by atoms with E-state index in [1.807, 2.05) is 44.7 Å². The number of phenolic OH excluding ortho intramolecular Hbond substituents is 1. The van der Waals surface area contributed by atoms with Crippen molar-refractivity contribution < 1.29 is 29.3 Å². The second kappa shape index (κ2) is 20.3. The Hall–Kier alpha value is -3.62. The smallest absolute Gasteiger partial charge is 0.302 e. The number of phenols is 1. The molecule has 1 amide bonds. The normalized spacial score (nSPS) is 30.9. The van der Waals surface area contributed by atoms with Crippen molar-refractivity contribution in [3.8, 4) is 11.5 Å². The van der Waals surface area contributed by atoms with Gasteiger partial charge in [-0.25, -0.2) is 4.98 Å². The molecule has 7 N–H and O–H groups in total. The lowest BCUT2D eigenvalue weighted by molar-refractivity contribution is -0.148. The number of ether oxygens (including phenoxy) is 2. The van der Waals surface area contributed by atoms with Crippen LogP contribution >= 0.6 is 21.6 Å². The number of nitrogens with zero attached hydrogens (tertiary/aromatic N) is 3. The van der Waals surface area contributed by atoms with Crippen molar-refractivity contribution in [2.75, 3.05) is 24.6 Å². The van der Waals surface area contributed by atoms with Crippen molar-refractivity contribution in [2.24, 2.45) is 27.5 Å². The molecular weight excluding hydrogens is 833 g/mol. The van der Waals surface area contributed by atoms with Crippen LogP contribution in [0.4, 0.5) is 5.82 Å². The van der Waals surface area contributed by atoms with Gasteiger partial charge in [0.25, 0.3) is 0 Å². The summed E-state index contributed by atoms with van der Waals surface area (Å²) in [5.74, 6) is 2.42. The first-order valence-electron chi connectivity index (χ1n) is 23.9. The van der Waals surface area contributed by atoms with Crippen LogP contribution in [0.2, 0.25) is 0 Å². The number of benzene rings is 1. The summed E-state index contributed by atoms with van der Waals surface area (Å²) in [4.78, 5) is 37.6. The topological polar surface area (TPSA) is 186 Å². The van der Waals surface area contributed by atoms with Crippen molar-refractivity contribution in [3.63, 3.8) is 0 Å². The molecule has 6 atom stereocenters. The molecule has 4 fully saturated rings. The van der Waals surface area contributed by atoms with Crippen molar-refractivity contribution in [1.82, 2.24) is 15.2 Å². The highest BCUT2D eigenvalue weighted by Gasteiger charge is 2.57. The van der Waals surface area contributed by atoms with Crippen molar-refractivity contribution >= 4 is 51.3 Å². The van der Waals surface area contributed by atoms with E-state index >= 15 is 0 Å². The van der Waals surface area contributed by atoms with Gasteiger partial charge in [0.1, 0.15) is 22.9 Å². The first kappa shape index (κ1) is 45.9. The third-order valence-corrected chi connectivity index (χ3v) is 18.4. The van der Waals surface area contributed by atoms with Crippen molar-refractivity contribution in [2.45, 2.75) is 171 Å². The lowest BCUT2D eigenvalue weighted by Crippen LogP contribution is -2.55. The van der Waals surface area contributed by atoms with E-state index in [9.17, 15) is 19.8 Å². The number of fused-ring (bicyclic) bond motifs is 8. The minimum atomic E-state index is -0.582. The number of hydrogen-bond donors (Lipinski definition) is 5. The quantitative estimate of drug-likeness (QED) is 0.146. The number of guanidine groups is 1. The van der Waals surface area contributed by atoms with E-state index in [0.717, 1.165) is 73.8 Å². The van der Waals surface area contributed by atoms with E-state index in [1.165, 1.54) is 45.4 Å². The molecular formula is C49H70N6O6S2. The van der Waals surface area contributed by atoms with Crippen LogP contribution in [0.1, 0.15) is 151 Å². The molecule has 1 aromatic heterocycles. The van der Waals surface area contributed by atoms with E-state index < -0.39 is 17.6 Å². The van der Waals surface area contributed by atoms with Gasteiger partial charge in [-0.1, -0.05) is 65.8 Å². The van der Waals surface area contributed by atoms with Gasteiger partial charge in [0.05, 0.1) is 6.10 Å². The molecule has 3 aliphatic carbocycles. The number of carbonyl (C=O) groups excluding carboxylic acids is 2. The lowest BCUT2D eigenvalue weighted by Gasteiger charge is -2.44. The summed E-state index contributed by atoms with van der Waals surface area (Å²) in [5.41, 5.74) is 16.2. The fraction of sp³-hybridized carbons (Fsp3) is 0.673. The van der Waals surface area contributed by atoms with E-state index in [0.29, 0.717) is 81.1 Å². The number of rotatable bonds is 3. The van der Waals surface area contributed by atoms with Gasteiger partial charge in [0.15, 0.2) is 17.5 Å². The monoisotopic (exact) mass is 902 g/mol. The second-order valence-electron chi connectivity index (χ2n) is 19.7. The zero-order chi connectivity index (χ0) is 44.0. The Morgan fingerprint density at radius 1 is 1.00 bits per heavy atom. The van der Waals surface area contributed by atoms with Crippen LogP contribution in [0.5, 0.6) is 11.5 Å².